The summed E-state index contributed by atoms with van der Waals surface area (Å²) < 4.78 is 5.92. The Morgan fingerprint density at radius 3 is 2.69 bits per heavy atom. The number of hydrogen-bond acceptors (Lipinski definition) is 2. The number of allylic oxidation sites excluding steroid dienone is 1. The lowest BCUT2D eigenvalue weighted by Crippen LogP contribution is -1.95. The number of hydrogen-bond donors (Lipinski definition) is 0. The predicted molar refractivity (Wildman–Crippen MR) is 55.5 cm³/mol. The van der Waals surface area contributed by atoms with Gasteiger partial charge in [-0.15, -0.1) is 0 Å². The highest BCUT2D eigenvalue weighted by Crippen LogP contribution is 2.27. The van der Waals surface area contributed by atoms with Gasteiger partial charge in [0, 0.05) is 5.57 Å². The molecule has 0 N–H and O–H groups in total. The van der Waals surface area contributed by atoms with Gasteiger partial charge < -0.3 is 4.74 Å². The fourth-order valence-corrected chi connectivity index (χ4v) is 1.38. The molecule has 1 rings (SSSR count). The van der Waals surface area contributed by atoms with Crippen LogP contribution >= 0.6 is 15.9 Å². The Morgan fingerprint density at radius 1 is 1.62 bits per heavy atom. The van der Waals surface area contributed by atoms with Crippen LogP contribution < -0.4 is 0 Å². The molecule has 0 saturated heterocycles. The maximum atomic E-state index is 11.2. The fourth-order valence-electron chi connectivity index (χ4n) is 1.14. The van der Waals surface area contributed by atoms with Crippen LogP contribution in [0.1, 0.15) is 13.8 Å². The molecular formula is C10H11BrO2. The molecule has 0 saturated carbocycles. The molecule has 0 aromatic heterocycles. The third-order valence-corrected chi connectivity index (χ3v) is 2.66. The van der Waals surface area contributed by atoms with Gasteiger partial charge in [0.05, 0.1) is 5.57 Å². The molecule has 13 heavy (non-hydrogen) atoms. The Labute approximate surface area is 86.1 Å². The van der Waals surface area contributed by atoms with Gasteiger partial charge in [-0.3, -0.25) is 0 Å². The third kappa shape index (κ3) is 1.91. The average molecular weight is 243 g/mol. The van der Waals surface area contributed by atoms with Crippen molar-refractivity contribution in [1.82, 2.24) is 0 Å². The number of rotatable bonds is 2. The number of ether oxygens (including phenoxy) is 1. The summed E-state index contributed by atoms with van der Waals surface area (Å²) in [5.41, 5.74) is 2.55. The zero-order valence-electron chi connectivity index (χ0n) is 7.69. The number of cyclic esters (lactones) is 1. The number of esters is 1. The minimum Gasteiger partial charge on any atom is -0.457 e. The number of halogens is 1. The Balaban J connectivity index is 3.17. The summed E-state index contributed by atoms with van der Waals surface area (Å²) in [5.74, 6) is -0.280. The van der Waals surface area contributed by atoms with Gasteiger partial charge in [-0.1, -0.05) is 28.6 Å². The molecule has 0 aromatic carbocycles. The van der Waals surface area contributed by atoms with E-state index >= 15 is 0 Å². The van der Waals surface area contributed by atoms with E-state index in [1.807, 2.05) is 13.8 Å². The van der Waals surface area contributed by atoms with Crippen LogP contribution in [0.4, 0.5) is 0 Å². The van der Waals surface area contributed by atoms with Gasteiger partial charge in [0.25, 0.3) is 0 Å². The van der Waals surface area contributed by atoms with Crippen LogP contribution in [-0.4, -0.2) is 12.6 Å². The molecule has 1 aliphatic rings. The molecule has 70 valence electrons. The van der Waals surface area contributed by atoms with Crippen LogP contribution in [0.3, 0.4) is 0 Å². The molecule has 1 aliphatic heterocycles. The first-order valence-electron chi connectivity index (χ1n) is 3.94. The first-order valence-corrected chi connectivity index (χ1v) is 4.73. The molecule has 0 unspecified atom stereocenters. The largest absolute Gasteiger partial charge is 0.457 e. The van der Waals surface area contributed by atoms with Crippen LogP contribution in [0.2, 0.25) is 0 Å². The molecule has 0 spiro atoms. The lowest BCUT2D eigenvalue weighted by Gasteiger charge is -2.02. The molecule has 0 radical (unpaired) electrons. The van der Waals surface area contributed by atoms with Gasteiger partial charge in [-0.2, -0.15) is 0 Å². The summed E-state index contributed by atoms with van der Waals surface area (Å²) in [6, 6.07) is 0. The lowest BCUT2D eigenvalue weighted by atomic mass is 10.0. The van der Waals surface area contributed by atoms with Crippen LogP contribution in [0.15, 0.2) is 33.9 Å². The summed E-state index contributed by atoms with van der Waals surface area (Å²) in [6.07, 6.45) is 1.55. The van der Waals surface area contributed by atoms with E-state index in [2.05, 4.69) is 22.5 Å². The topological polar surface area (TPSA) is 26.3 Å². The summed E-state index contributed by atoms with van der Waals surface area (Å²) in [4.78, 5) is 11.2. The van der Waals surface area contributed by atoms with E-state index < -0.39 is 0 Å². The Hall–Kier alpha value is -0.830. The Bertz CT molecular complexity index is 320. The SMILES string of the molecule is C=CC1=C(/C(C)=C(\C)Br)COC1=O. The molecule has 0 aliphatic carbocycles. The van der Waals surface area contributed by atoms with Crippen molar-refractivity contribution in [2.75, 3.05) is 6.61 Å². The first kappa shape index (κ1) is 10.3. The van der Waals surface area contributed by atoms with E-state index in [4.69, 9.17) is 4.74 Å². The van der Waals surface area contributed by atoms with Crippen LogP contribution in [0.5, 0.6) is 0 Å². The van der Waals surface area contributed by atoms with Gasteiger partial charge in [-0.05, 0) is 23.9 Å². The normalized spacial score (nSPS) is 18.5. The second-order valence-corrected chi connectivity index (χ2v) is 4.02. The van der Waals surface area contributed by atoms with Crippen molar-refractivity contribution in [3.8, 4) is 0 Å². The van der Waals surface area contributed by atoms with Crippen molar-refractivity contribution in [1.29, 1.82) is 0 Å². The summed E-state index contributed by atoms with van der Waals surface area (Å²) in [7, 11) is 0. The molecule has 2 nitrogen and oxygen atoms in total. The second-order valence-electron chi connectivity index (χ2n) is 2.83. The zero-order chi connectivity index (χ0) is 10.0. The van der Waals surface area contributed by atoms with Gasteiger partial charge >= 0.3 is 5.97 Å². The van der Waals surface area contributed by atoms with E-state index in [1.165, 1.54) is 0 Å². The minimum atomic E-state index is -0.280. The standard InChI is InChI=1S/C10H11BrO2/c1-4-8-9(5-13-10(8)12)6(2)7(3)11/h4H,1,5H2,2-3H3/b7-6+. The molecule has 0 amide bonds. The second kappa shape index (κ2) is 3.92. The van der Waals surface area contributed by atoms with Crippen molar-refractivity contribution in [3.05, 3.63) is 33.9 Å². The van der Waals surface area contributed by atoms with E-state index in [1.54, 1.807) is 6.08 Å². The van der Waals surface area contributed by atoms with Crippen LogP contribution in [-0.2, 0) is 9.53 Å². The molecule has 0 atom stereocenters. The maximum Gasteiger partial charge on any atom is 0.338 e. The van der Waals surface area contributed by atoms with Crippen LogP contribution in [0, 0.1) is 0 Å². The number of carbonyl (C=O) groups excluding carboxylic acids is 1. The molecule has 0 fully saturated rings. The van der Waals surface area contributed by atoms with Gasteiger partial charge in [0.2, 0.25) is 0 Å². The van der Waals surface area contributed by atoms with Crippen molar-refractivity contribution >= 4 is 21.9 Å². The summed E-state index contributed by atoms with van der Waals surface area (Å²) in [5, 5.41) is 0. The van der Waals surface area contributed by atoms with E-state index in [0.29, 0.717) is 12.2 Å². The first-order chi connectivity index (χ1) is 6.07. The summed E-state index contributed by atoms with van der Waals surface area (Å²) >= 11 is 3.37. The smallest absolute Gasteiger partial charge is 0.338 e. The third-order valence-electron chi connectivity index (χ3n) is 2.07. The predicted octanol–water partition coefficient (Wildman–Crippen LogP) is 2.71. The molecule has 1 heterocycles. The van der Waals surface area contributed by atoms with Gasteiger partial charge in [-0.25, -0.2) is 4.79 Å². The summed E-state index contributed by atoms with van der Waals surface area (Å²) in [6.45, 7) is 7.83. The molecule has 3 heteroatoms. The van der Waals surface area contributed by atoms with Crippen molar-refractivity contribution in [2.45, 2.75) is 13.8 Å². The van der Waals surface area contributed by atoms with Gasteiger partial charge in [0.1, 0.15) is 6.61 Å². The minimum absolute atomic E-state index is 0.280. The van der Waals surface area contributed by atoms with Crippen LogP contribution in [0.25, 0.3) is 0 Å². The Morgan fingerprint density at radius 2 is 2.23 bits per heavy atom. The highest BCUT2D eigenvalue weighted by atomic mass is 79.9. The van der Waals surface area contributed by atoms with Crippen molar-refractivity contribution in [2.24, 2.45) is 0 Å². The van der Waals surface area contributed by atoms with E-state index in [9.17, 15) is 4.79 Å². The van der Waals surface area contributed by atoms with Crippen molar-refractivity contribution in [3.63, 3.8) is 0 Å². The van der Waals surface area contributed by atoms with E-state index in [-0.39, 0.29) is 5.97 Å². The molecule has 0 bridgehead atoms. The highest BCUT2D eigenvalue weighted by molar-refractivity contribution is 9.11. The zero-order valence-corrected chi connectivity index (χ0v) is 9.27. The molecule has 0 aromatic rings. The van der Waals surface area contributed by atoms with E-state index in [0.717, 1.165) is 15.6 Å². The van der Waals surface area contributed by atoms with Crippen molar-refractivity contribution < 1.29 is 9.53 Å². The number of carbonyl (C=O) groups is 1. The Kier molecular flexibility index (Phi) is 3.09. The quantitative estimate of drug-likeness (QED) is 0.697. The monoisotopic (exact) mass is 242 g/mol. The fraction of sp³-hybridized carbons (Fsp3) is 0.300. The average Bonchev–Trinajstić information content (AvgIpc) is 2.45. The maximum absolute atomic E-state index is 11.2. The highest BCUT2D eigenvalue weighted by Gasteiger charge is 2.23. The molecular weight excluding hydrogens is 232 g/mol. The lowest BCUT2D eigenvalue weighted by molar-refractivity contribution is -0.135. The van der Waals surface area contributed by atoms with Gasteiger partial charge in [0.15, 0.2) is 0 Å².